The van der Waals surface area contributed by atoms with Gasteiger partial charge in [0.2, 0.25) is 6.08 Å². The summed E-state index contributed by atoms with van der Waals surface area (Å²) in [5, 5.41) is 0. The smallest absolute Gasteiger partial charge is 0.211 e. The molecule has 0 aliphatic heterocycles. The molecular weight excluding hydrogens is 150 g/mol. The van der Waals surface area contributed by atoms with E-state index in [4.69, 9.17) is 0 Å². The van der Waals surface area contributed by atoms with Gasteiger partial charge in [-0.15, -0.1) is 0 Å². The first kappa shape index (κ1) is 11.4. The zero-order valence-corrected chi connectivity index (χ0v) is 8.39. The minimum atomic E-state index is 0.173. The van der Waals surface area contributed by atoms with Gasteiger partial charge in [0.1, 0.15) is 0 Å². The fourth-order valence-corrected chi connectivity index (χ4v) is 1.18. The van der Waals surface area contributed by atoms with Gasteiger partial charge in [-0.25, -0.2) is 9.79 Å². The van der Waals surface area contributed by atoms with Crippen LogP contribution in [0.25, 0.3) is 0 Å². The fourth-order valence-electron chi connectivity index (χ4n) is 1.18. The Hall–Kier alpha value is -0.620. The second kappa shape index (κ2) is 5.96. The third-order valence-corrected chi connectivity index (χ3v) is 2.03. The predicted molar refractivity (Wildman–Crippen MR) is 50.9 cm³/mol. The molecule has 70 valence electrons. The molecule has 0 aromatic rings. The van der Waals surface area contributed by atoms with Gasteiger partial charge in [0.25, 0.3) is 0 Å². The summed E-state index contributed by atoms with van der Waals surface area (Å²) in [6.07, 6.45) is 6.48. The minimum absolute atomic E-state index is 0.173. The maximum atomic E-state index is 9.89. The molecule has 0 heterocycles. The van der Waals surface area contributed by atoms with Crippen LogP contribution in [0.1, 0.15) is 46.5 Å². The van der Waals surface area contributed by atoms with Crippen LogP contribution in [-0.4, -0.2) is 12.6 Å². The highest BCUT2D eigenvalue weighted by Crippen LogP contribution is 2.23. The van der Waals surface area contributed by atoms with Crippen LogP contribution < -0.4 is 0 Å². The molecule has 0 aromatic carbocycles. The summed E-state index contributed by atoms with van der Waals surface area (Å²) in [4.78, 5) is 13.5. The van der Waals surface area contributed by atoms with E-state index in [1.54, 1.807) is 6.08 Å². The molecule has 0 aliphatic carbocycles. The van der Waals surface area contributed by atoms with Crippen molar-refractivity contribution >= 4 is 6.08 Å². The van der Waals surface area contributed by atoms with Gasteiger partial charge in [-0.2, -0.15) is 0 Å². The van der Waals surface area contributed by atoms with Crippen molar-refractivity contribution in [2.24, 2.45) is 10.4 Å². The fraction of sp³-hybridized carbons (Fsp3) is 0.900. The highest BCUT2D eigenvalue weighted by molar-refractivity contribution is 5.32. The van der Waals surface area contributed by atoms with Crippen molar-refractivity contribution in [2.75, 3.05) is 6.54 Å². The van der Waals surface area contributed by atoms with Crippen LogP contribution in [0, 0.1) is 5.41 Å². The molecule has 0 aromatic heterocycles. The lowest BCUT2D eigenvalue weighted by atomic mass is 9.87. The maximum Gasteiger partial charge on any atom is 0.234 e. The Morgan fingerprint density at radius 2 is 2.00 bits per heavy atom. The summed E-state index contributed by atoms with van der Waals surface area (Å²) < 4.78 is 0. The average Bonchev–Trinajstić information content (AvgIpc) is 2.01. The van der Waals surface area contributed by atoms with Crippen LogP contribution >= 0.6 is 0 Å². The van der Waals surface area contributed by atoms with E-state index in [1.165, 1.54) is 19.3 Å². The Balaban J connectivity index is 3.62. The highest BCUT2D eigenvalue weighted by atomic mass is 16.1. The van der Waals surface area contributed by atoms with Gasteiger partial charge in [0, 0.05) is 0 Å². The lowest BCUT2D eigenvalue weighted by Crippen LogP contribution is -2.15. The number of unbranched alkanes of at least 4 members (excludes halogenated alkanes) is 2. The first-order chi connectivity index (χ1) is 5.62. The summed E-state index contributed by atoms with van der Waals surface area (Å²) in [5.74, 6) is 0. The first-order valence-electron chi connectivity index (χ1n) is 4.66. The molecule has 2 nitrogen and oxygen atoms in total. The van der Waals surface area contributed by atoms with Gasteiger partial charge >= 0.3 is 0 Å². The van der Waals surface area contributed by atoms with Crippen LogP contribution in [0.5, 0.6) is 0 Å². The van der Waals surface area contributed by atoms with Crippen LogP contribution in [0.2, 0.25) is 0 Å². The molecule has 0 atom stereocenters. The summed E-state index contributed by atoms with van der Waals surface area (Å²) in [6, 6.07) is 0. The lowest BCUT2D eigenvalue weighted by Gasteiger charge is -2.20. The zero-order chi connectivity index (χ0) is 9.45. The molecule has 12 heavy (non-hydrogen) atoms. The van der Waals surface area contributed by atoms with Crippen molar-refractivity contribution < 1.29 is 4.79 Å². The Morgan fingerprint density at radius 1 is 1.33 bits per heavy atom. The first-order valence-corrected chi connectivity index (χ1v) is 4.66. The van der Waals surface area contributed by atoms with E-state index in [1.807, 2.05) is 0 Å². The van der Waals surface area contributed by atoms with E-state index in [0.29, 0.717) is 6.54 Å². The molecule has 0 saturated carbocycles. The summed E-state index contributed by atoms with van der Waals surface area (Å²) in [7, 11) is 0. The van der Waals surface area contributed by atoms with Crippen molar-refractivity contribution in [2.45, 2.75) is 46.5 Å². The highest BCUT2D eigenvalue weighted by Gasteiger charge is 2.15. The molecule has 0 fully saturated rings. The standard InChI is InChI=1S/C10H19NO/c1-4-5-6-7-10(2,3)8-11-9-12/h4-8H2,1-3H3. The Bertz CT molecular complexity index is 157. The number of rotatable bonds is 6. The SMILES string of the molecule is CCCCCC(C)(C)CN=C=O. The van der Waals surface area contributed by atoms with E-state index >= 15 is 0 Å². The van der Waals surface area contributed by atoms with E-state index in [2.05, 4.69) is 25.8 Å². The van der Waals surface area contributed by atoms with Crippen LogP contribution in [0.3, 0.4) is 0 Å². The van der Waals surface area contributed by atoms with E-state index in [9.17, 15) is 4.79 Å². The number of hydrogen-bond acceptors (Lipinski definition) is 2. The Morgan fingerprint density at radius 3 is 2.50 bits per heavy atom. The van der Waals surface area contributed by atoms with Gasteiger partial charge in [-0.1, -0.05) is 40.0 Å². The molecule has 2 heteroatoms. The molecule has 0 aliphatic rings. The van der Waals surface area contributed by atoms with Crippen LogP contribution in [-0.2, 0) is 4.79 Å². The zero-order valence-electron chi connectivity index (χ0n) is 8.39. The van der Waals surface area contributed by atoms with Crippen molar-refractivity contribution in [1.82, 2.24) is 0 Å². The van der Waals surface area contributed by atoms with Gasteiger partial charge < -0.3 is 0 Å². The number of isocyanates is 1. The lowest BCUT2D eigenvalue weighted by molar-refractivity contribution is 0.333. The third kappa shape index (κ3) is 6.11. The summed E-state index contributed by atoms with van der Waals surface area (Å²) in [5.41, 5.74) is 0.173. The molecule has 0 saturated heterocycles. The van der Waals surface area contributed by atoms with Crippen molar-refractivity contribution in [3.05, 3.63) is 0 Å². The topological polar surface area (TPSA) is 29.4 Å². The van der Waals surface area contributed by atoms with Crippen molar-refractivity contribution in [3.63, 3.8) is 0 Å². The molecule has 0 unspecified atom stereocenters. The number of hydrogen-bond donors (Lipinski definition) is 0. The maximum absolute atomic E-state index is 9.89. The molecule has 0 rings (SSSR count). The number of aliphatic imine (C=N–C) groups is 1. The second-order valence-electron chi connectivity index (χ2n) is 4.03. The Kier molecular flexibility index (Phi) is 5.65. The average molecular weight is 169 g/mol. The van der Waals surface area contributed by atoms with Crippen molar-refractivity contribution in [1.29, 1.82) is 0 Å². The largest absolute Gasteiger partial charge is 0.234 e. The van der Waals surface area contributed by atoms with Gasteiger partial charge in [0.15, 0.2) is 0 Å². The normalized spacial score (nSPS) is 10.9. The van der Waals surface area contributed by atoms with E-state index in [0.717, 1.165) is 6.42 Å². The quantitative estimate of drug-likeness (QED) is 0.341. The van der Waals surface area contributed by atoms with Crippen molar-refractivity contribution in [3.8, 4) is 0 Å². The van der Waals surface area contributed by atoms with E-state index in [-0.39, 0.29) is 5.41 Å². The molecule has 0 spiro atoms. The summed E-state index contributed by atoms with van der Waals surface area (Å²) >= 11 is 0. The predicted octanol–water partition coefficient (Wildman–Crippen LogP) is 2.93. The third-order valence-electron chi connectivity index (χ3n) is 2.03. The number of nitrogens with zero attached hydrogens (tertiary/aromatic N) is 1. The Labute approximate surface area is 75.1 Å². The van der Waals surface area contributed by atoms with Crippen LogP contribution in [0.4, 0.5) is 0 Å². The molecular formula is C10H19NO. The van der Waals surface area contributed by atoms with E-state index < -0.39 is 0 Å². The second-order valence-corrected chi connectivity index (χ2v) is 4.03. The summed E-state index contributed by atoms with van der Waals surface area (Å²) in [6.45, 7) is 7.09. The van der Waals surface area contributed by atoms with Gasteiger partial charge in [-0.3, -0.25) is 0 Å². The molecule has 0 bridgehead atoms. The van der Waals surface area contributed by atoms with Crippen LogP contribution in [0.15, 0.2) is 4.99 Å². The number of carbonyl (C=O) groups excluding carboxylic acids is 1. The van der Waals surface area contributed by atoms with Gasteiger partial charge in [-0.05, 0) is 11.8 Å². The minimum Gasteiger partial charge on any atom is -0.211 e. The molecule has 0 N–H and O–H groups in total. The molecule has 0 amide bonds. The molecule has 0 radical (unpaired) electrons. The monoisotopic (exact) mass is 169 g/mol. The van der Waals surface area contributed by atoms with Gasteiger partial charge in [0.05, 0.1) is 6.54 Å².